The van der Waals surface area contributed by atoms with Gasteiger partial charge < -0.3 is 11.5 Å². The Morgan fingerprint density at radius 1 is 1.07 bits per heavy atom. The van der Waals surface area contributed by atoms with Crippen LogP contribution in [-0.4, -0.2) is 9.13 Å². The van der Waals surface area contributed by atoms with E-state index >= 15 is 0 Å². The van der Waals surface area contributed by atoms with Gasteiger partial charge in [-0.3, -0.25) is 13.9 Å². The topological polar surface area (TPSA) is 96.0 Å². The predicted octanol–water partition coefficient (Wildman–Crippen LogP) is -0.786. The minimum absolute atomic E-state index is 0.0483. The van der Waals surface area contributed by atoms with Crippen LogP contribution in [0.25, 0.3) is 0 Å². The van der Waals surface area contributed by atoms with Gasteiger partial charge in [-0.25, -0.2) is 4.79 Å². The van der Waals surface area contributed by atoms with Gasteiger partial charge in [-0.1, -0.05) is 0 Å². The molecule has 0 aliphatic heterocycles. The van der Waals surface area contributed by atoms with Gasteiger partial charge in [0.05, 0.1) is 0 Å². The van der Waals surface area contributed by atoms with E-state index in [0.29, 0.717) is 13.1 Å². The molecule has 0 saturated carbocycles. The van der Waals surface area contributed by atoms with Crippen LogP contribution in [-0.2, 0) is 13.1 Å². The maximum absolute atomic E-state index is 11.6. The van der Waals surface area contributed by atoms with Gasteiger partial charge in [0.2, 0.25) is 0 Å². The van der Waals surface area contributed by atoms with Gasteiger partial charge in [0.15, 0.2) is 0 Å². The number of aromatic nitrogens is 2. The second-order valence-electron chi connectivity index (χ2n) is 2.88. The summed E-state index contributed by atoms with van der Waals surface area (Å²) in [5, 5.41) is 0. The zero-order valence-electron chi connectivity index (χ0n) is 8.28. The SMILES string of the molecule is CCn1c(N)c(N)c(=O)n(CC)c1=O. The largest absolute Gasteiger partial charge is 0.391 e. The molecular weight excluding hydrogens is 184 g/mol. The Hall–Kier alpha value is -1.72. The molecule has 78 valence electrons. The number of rotatable bonds is 2. The van der Waals surface area contributed by atoms with Gasteiger partial charge in [0.25, 0.3) is 5.56 Å². The van der Waals surface area contributed by atoms with Crippen LogP contribution >= 0.6 is 0 Å². The van der Waals surface area contributed by atoms with Crippen molar-refractivity contribution >= 4 is 11.5 Å². The van der Waals surface area contributed by atoms with E-state index in [-0.39, 0.29) is 11.5 Å². The lowest BCUT2D eigenvalue weighted by molar-refractivity contribution is 0.597. The molecule has 0 unspecified atom stereocenters. The average Bonchev–Trinajstić information content (AvgIpc) is 2.16. The molecule has 0 saturated heterocycles. The molecule has 0 aliphatic carbocycles. The molecule has 6 heteroatoms. The molecule has 1 aromatic heterocycles. The number of anilines is 2. The quantitative estimate of drug-likeness (QED) is 0.651. The number of nitrogen functional groups attached to an aromatic ring is 2. The highest BCUT2D eigenvalue weighted by atomic mass is 16.2. The summed E-state index contributed by atoms with van der Waals surface area (Å²) in [6.45, 7) is 4.16. The van der Waals surface area contributed by atoms with Gasteiger partial charge in [0.1, 0.15) is 11.5 Å². The van der Waals surface area contributed by atoms with Gasteiger partial charge in [-0.2, -0.15) is 0 Å². The smallest absolute Gasteiger partial charge is 0.332 e. The highest BCUT2D eigenvalue weighted by Crippen LogP contribution is 2.04. The standard InChI is InChI=1S/C8H14N4O2/c1-3-11-6(10)5(9)7(13)12(4-2)8(11)14/h3-4,9-10H2,1-2H3. The van der Waals surface area contributed by atoms with Crippen LogP contribution < -0.4 is 22.7 Å². The van der Waals surface area contributed by atoms with Crippen molar-refractivity contribution < 1.29 is 0 Å². The first kappa shape index (κ1) is 10.4. The Balaban J connectivity index is 3.74. The van der Waals surface area contributed by atoms with E-state index in [1.54, 1.807) is 13.8 Å². The second-order valence-corrected chi connectivity index (χ2v) is 2.88. The van der Waals surface area contributed by atoms with Crippen LogP contribution in [0.3, 0.4) is 0 Å². The normalized spacial score (nSPS) is 10.4. The van der Waals surface area contributed by atoms with Gasteiger partial charge in [-0.15, -0.1) is 0 Å². The Morgan fingerprint density at radius 2 is 1.57 bits per heavy atom. The molecule has 0 atom stereocenters. The lowest BCUT2D eigenvalue weighted by atomic mass is 10.4. The molecule has 0 bridgehead atoms. The predicted molar refractivity (Wildman–Crippen MR) is 55.1 cm³/mol. The third-order valence-electron chi connectivity index (χ3n) is 2.14. The van der Waals surface area contributed by atoms with Crippen molar-refractivity contribution in [2.45, 2.75) is 26.9 Å². The maximum atomic E-state index is 11.6. The molecule has 4 N–H and O–H groups in total. The van der Waals surface area contributed by atoms with E-state index in [9.17, 15) is 9.59 Å². The van der Waals surface area contributed by atoms with Crippen molar-refractivity contribution in [1.82, 2.24) is 9.13 Å². The number of hydrogen-bond acceptors (Lipinski definition) is 4. The van der Waals surface area contributed by atoms with Crippen LogP contribution in [0.1, 0.15) is 13.8 Å². The molecular formula is C8H14N4O2. The number of nitrogens with zero attached hydrogens (tertiary/aromatic N) is 2. The third kappa shape index (κ3) is 1.28. The Labute approximate surface area is 80.8 Å². The van der Waals surface area contributed by atoms with Crippen molar-refractivity contribution in [3.8, 4) is 0 Å². The number of nitrogens with two attached hydrogens (primary N) is 2. The highest BCUT2D eigenvalue weighted by Gasteiger charge is 2.11. The Bertz CT molecular complexity index is 458. The van der Waals surface area contributed by atoms with E-state index in [0.717, 1.165) is 4.57 Å². The minimum Gasteiger partial charge on any atom is -0.391 e. The van der Waals surface area contributed by atoms with E-state index in [2.05, 4.69) is 0 Å². The highest BCUT2D eigenvalue weighted by molar-refractivity contribution is 5.56. The van der Waals surface area contributed by atoms with E-state index < -0.39 is 11.2 Å². The van der Waals surface area contributed by atoms with Gasteiger partial charge >= 0.3 is 5.69 Å². The first-order chi connectivity index (χ1) is 6.54. The molecule has 1 rings (SSSR count). The summed E-state index contributed by atoms with van der Waals surface area (Å²) in [6, 6.07) is 0. The summed E-state index contributed by atoms with van der Waals surface area (Å²) in [7, 11) is 0. The lowest BCUT2D eigenvalue weighted by Gasteiger charge is -2.11. The first-order valence-electron chi connectivity index (χ1n) is 4.43. The monoisotopic (exact) mass is 198 g/mol. The van der Waals surface area contributed by atoms with Crippen LogP contribution in [0.15, 0.2) is 9.59 Å². The summed E-state index contributed by atoms with van der Waals surface area (Å²) in [6.07, 6.45) is 0. The summed E-state index contributed by atoms with van der Waals surface area (Å²) in [4.78, 5) is 23.1. The van der Waals surface area contributed by atoms with Crippen molar-refractivity contribution in [2.75, 3.05) is 11.5 Å². The van der Waals surface area contributed by atoms with Crippen LogP contribution in [0.4, 0.5) is 11.5 Å². The molecule has 1 heterocycles. The zero-order valence-corrected chi connectivity index (χ0v) is 8.28. The van der Waals surface area contributed by atoms with E-state index in [1.807, 2.05) is 0 Å². The Kier molecular flexibility index (Phi) is 2.64. The van der Waals surface area contributed by atoms with Crippen LogP contribution in [0.5, 0.6) is 0 Å². The molecule has 1 aromatic rings. The van der Waals surface area contributed by atoms with Gasteiger partial charge in [0, 0.05) is 13.1 Å². The van der Waals surface area contributed by atoms with Crippen molar-refractivity contribution in [3.63, 3.8) is 0 Å². The fourth-order valence-electron chi connectivity index (χ4n) is 1.32. The average molecular weight is 198 g/mol. The van der Waals surface area contributed by atoms with Crippen molar-refractivity contribution in [1.29, 1.82) is 0 Å². The van der Waals surface area contributed by atoms with Crippen LogP contribution in [0, 0.1) is 0 Å². The lowest BCUT2D eigenvalue weighted by Crippen LogP contribution is -2.41. The van der Waals surface area contributed by atoms with E-state index in [1.165, 1.54) is 4.57 Å². The minimum atomic E-state index is -0.514. The molecule has 0 radical (unpaired) electrons. The van der Waals surface area contributed by atoms with Crippen molar-refractivity contribution in [3.05, 3.63) is 20.8 Å². The van der Waals surface area contributed by atoms with Crippen molar-refractivity contribution in [2.24, 2.45) is 0 Å². The van der Waals surface area contributed by atoms with Gasteiger partial charge in [-0.05, 0) is 13.8 Å². The molecule has 6 nitrogen and oxygen atoms in total. The summed E-state index contributed by atoms with van der Waals surface area (Å²) in [5.74, 6) is 0.0483. The molecule has 0 amide bonds. The molecule has 0 fully saturated rings. The molecule has 0 spiro atoms. The summed E-state index contributed by atoms with van der Waals surface area (Å²) >= 11 is 0. The molecule has 0 aromatic carbocycles. The maximum Gasteiger partial charge on any atom is 0.332 e. The molecule has 0 aliphatic rings. The van der Waals surface area contributed by atoms with E-state index in [4.69, 9.17) is 11.5 Å². The molecule has 14 heavy (non-hydrogen) atoms. The fraction of sp³-hybridized carbons (Fsp3) is 0.500. The zero-order chi connectivity index (χ0) is 10.9. The third-order valence-corrected chi connectivity index (χ3v) is 2.14. The first-order valence-corrected chi connectivity index (χ1v) is 4.43. The Morgan fingerprint density at radius 3 is 2.00 bits per heavy atom. The second kappa shape index (κ2) is 3.57. The fourth-order valence-corrected chi connectivity index (χ4v) is 1.32. The number of hydrogen-bond donors (Lipinski definition) is 2. The van der Waals surface area contributed by atoms with Crippen LogP contribution in [0.2, 0.25) is 0 Å². The summed E-state index contributed by atoms with van der Waals surface area (Å²) < 4.78 is 2.34. The summed E-state index contributed by atoms with van der Waals surface area (Å²) in [5.41, 5.74) is 10.0.